The van der Waals surface area contributed by atoms with Crippen molar-refractivity contribution in [1.82, 2.24) is 20.0 Å². The van der Waals surface area contributed by atoms with Gasteiger partial charge in [0.05, 0.1) is 31.1 Å². The Morgan fingerprint density at radius 1 is 1.22 bits per heavy atom. The van der Waals surface area contributed by atoms with E-state index in [0.29, 0.717) is 5.69 Å². The predicted molar refractivity (Wildman–Crippen MR) is 102 cm³/mol. The third-order valence-electron chi connectivity index (χ3n) is 6.40. The van der Waals surface area contributed by atoms with Crippen LogP contribution >= 0.6 is 0 Å². The van der Waals surface area contributed by atoms with Crippen LogP contribution in [0.15, 0.2) is 0 Å². The van der Waals surface area contributed by atoms with E-state index in [4.69, 9.17) is 9.47 Å². The third kappa shape index (κ3) is 3.91. The largest absolute Gasteiger partial charge is 0.379 e. The van der Waals surface area contributed by atoms with Gasteiger partial charge in [0.2, 0.25) is 0 Å². The molecular weight excluding hydrogens is 344 g/mol. The first-order valence-electron chi connectivity index (χ1n) is 10.3. The number of nitrogens with one attached hydrogen (secondary N) is 1. The van der Waals surface area contributed by atoms with Crippen LogP contribution in [0.25, 0.3) is 0 Å². The number of hydrogen-bond donors (Lipinski definition) is 1. The SMILES string of the molecule is C[C@@H]1Cc2c(C(=O)N3CCC(C)(CN4CCOCC4)CC3)n[nH]c2[C@H](C)O1. The van der Waals surface area contributed by atoms with Gasteiger partial charge >= 0.3 is 0 Å². The van der Waals surface area contributed by atoms with Crippen molar-refractivity contribution in [1.29, 1.82) is 0 Å². The Kier molecular flexibility index (Phi) is 5.27. The van der Waals surface area contributed by atoms with Crippen LogP contribution in [0.5, 0.6) is 0 Å². The van der Waals surface area contributed by atoms with Crippen LogP contribution in [0.3, 0.4) is 0 Å². The zero-order valence-electron chi connectivity index (χ0n) is 16.8. The molecular formula is C20H32N4O3. The number of nitrogens with zero attached hydrogens (tertiary/aromatic N) is 3. The fourth-order valence-corrected chi connectivity index (χ4v) is 4.71. The molecule has 0 bridgehead atoms. The van der Waals surface area contributed by atoms with Gasteiger partial charge in [-0.15, -0.1) is 0 Å². The first-order chi connectivity index (χ1) is 13.0. The van der Waals surface area contributed by atoms with Crippen molar-refractivity contribution in [3.05, 3.63) is 17.0 Å². The van der Waals surface area contributed by atoms with Crippen molar-refractivity contribution in [2.75, 3.05) is 45.9 Å². The summed E-state index contributed by atoms with van der Waals surface area (Å²) in [6.45, 7) is 12.9. The number of carbonyl (C=O) groups excluding carboxylic acids is 1. The first kappa shape index (κ1) is 18.9. The lowest BCUT2D eigenvalue weighted by molar-refractivity contribution is -0.00710. The fourth-order valence-electron chi connectivity index (χ4n) is 4.71. The summed E-state index contributed by atoms with van der Waals surface area (Å²) < 4.78 is 11.3. The summed E-state index contributed by atoms with van der Waals surface area (Å²) in [5, 5.41) is 7.42. The molecule has 3 aliphatic heterocycles. The topological polar surface area (TPSA) is 70.7 Å². The summed E-state index contributed by atoms with van der Waals surface area (Å²) in [5.41, 5.74) is 2.89. The summed E-state index contributed by atoms with van der Waals surface area (Å²) in [6.07, 6.45) is 2.92. The molecule has 0 saturated carbocycles. The molecule has 0 spiro atoms. The average molecular weight is 377 g/mol. The van der Waals surface area contributed by atoms with Gasteiger partial charge in [-0.2, -0.15) is 5.10 Å². The highest BCUT2D eigenvalue weighted by Gasteiger charge is 2.36. The van der Waals surface area contributed by atoms with Gasteiger partial charge in [-0.1, -0.05) is 6.92 Å². The molecule has 1 N–H and O–H groups in total. The number of likely N-dealkylation sites (tertiary alicyclic amines) is 1. The van der Waals surface area contributed by atoms with E-state index in [1.54, 1.807) is 0 Å². The molecule has 150 valence electrons. The molecule has 0 unspecified atom stereocenters. The summed E-state index contributed by atoms with van der Waals surface area (Å²) in [5.74, 6) is 0.0715. The average Bonchev–Trinajstić information content (AvgIpc) is 3.06. The standard InChI is InChI=1S/C20H32N4O3/c1-14-12-16-17(15(2)27-14)21-22-18(16)19(25)24-6-4-20(3,5-7-24)13-23-8-10-26-11-9-23/h14-15H,4-13H2,1-3H3,(H,21,22)/t14-,15+/m1/s1. The number of hydrogen-bond acceptors (Lipinski definition) is 5. The number of ether oxygens (including phenoxy) is 2. The van der Waals surface area contributed by atoms with E-state index < -0.39 is 0 Å². The number of fused-ring (bicyclic) bond motifs is 1. The van der Waals surface area contributed by atoms with Crippen LogP contribution in [-0.4, -0.2) is 77.9 Å². The van der Waals surface area contributed by atoms with E-state index >= 15 is 0 Å². The fraction of sp³-hybridized carbons (Fsp3) is 0.800. The second-order valence-electron chi connectivity index (χ2n) is 8.75. The zero-order chi connectivity index (χ0) is 19.0. The molecule has 2 saturated heterocycles. The Morgan fingerprint density at radius 3 is 2.63 bits per heavy atom. The Bertz CT molecular complexity index is 675. The Balaban J connectivity index is 1.39. The van der Waals surface area contributed by atoms with Crippen LogP contribution in [0.1, 0.15) is 61.5 Å². The quantitative estimate of drug-likeness (QED) is 0.874. The van der Waals surface area contributed by atoms with E-state index in [-0.39, 0.29) is 23.5 Å². The van der Waals surface area contributed by atoms with Crippen molar-refractivity contribution >= 4 is 5.91 Å². The maximum atomic E-state index is 13.1. The molecule has 1 amide bonds. The molecule has 7 heteroatoms. The van der Waals surface area contributed by atoms with Gasteiger partial charge in [0.1, 0.15) is 0 Å². The van der Waals surface area contributed by atoms with E-state index in [2.05, 4.69) is 28.9 Å². The summed E-state index contributed by atoms with van der Waals surface area (Å²) in [6, 6.07) is 0. The maximum absolute atomic E-state index is 13.1. The van der Waals surface area contributed by atoms with Gasteiger partial charge in [-0.3, -0.25) is 14.8 Å². The number of rotatable bonds is 3. The number of carbonyl (C=O) groups is 1. The molecule has 0 aromatic carbocycles. The third-order valence-corrected chi connectivity index (χ3v) is 6.40. The summed E-state index contributed by atoms with van der Waals surface area (Å²) in [4.78, 5) is 17.6. The Hall–Kier alpha value is -1.44. The van der Waals surface area contributed by atoms with Crippen molar-refractivity contribution in [2.45, 2.75) is 52.2 Å². The lowest BCUT2D eigenvalue weighted by Crippen LogP contribution is -2.49. The van der Waals surface area contributed by atoms with Gasteiger partial charge in [-0.25, -0.2) is 0 Å². The van der Waals surface area contributed by atoms with Crippen LogP contribution in [0, 0.1) is 5.41 Å². The van der Waals surface area contributed by atoms with E-state index in [9.17, 15) is 4.79 Å². The van der Waals surface area contributed by atoms with Gasteiger partial charge in [0.15, 0.2) is 5.69 Å². The number of aromatic nitrogens is 2. The number of aromatic amines is 1. The van der Waals surface area contributed by atoms with Crippen LogP contribution in [-0.2, 0) is 15.9 Å². The normalized spacial score (nSPS) is 28.8. The smallest absolute Gasteiger partial charge is 0.274 e. The molecule has 4 heterocycles. The minimum absolute atomic E-state index is 0.0315. The van der Waals surface area contributed by atoms with Gasteiger partial charge in [-0.05, 0) is 32.1 Å². The van der Waals surface area contributed by atoms with Crippen LogP contribution in [0.2, 0.25) is 0 Å². The Morgan fingerprint density at radius 2 is 1.93 bits per heavy atom. The minimum Gasteiger partial charge on any atom is -0.379 e. The summed E-state index contributed by atoms with van der Waals surface area (Å²) >= 11 is 0. The van der Waals surface area contributed by atoms with Gasteiger partial charge in [0.25, 0.3) is 5.91 Å². The lowest BCUT2D eigenvalue weighted by Gasteiger charge is -2.43. The lowest BCUT2D eigenvalue weighted by atomic mass is 9.79. The summed E-state index contributed by atoms with van der Waals surface area (Å²) in [7, 11) is 0. The van der Waals surface area contributed by atoms with E-state index in [1.807, 2.05) is 11.8 Å². The molecule has 27 heavy (non-hydrogen) atoms. The highest BCUT2D eigenvalue weighted by atomic mass is 16.5. The highest BCUT2D eigenvalue weighted by molar-refractivity contribution is 5.94. The molecule has 0 radical (unpaired) electrons. The monoisotopic (exact) mass is 376 g/mol. The van der Waals surface area contributed by atoms with Crippen molar-refractivity contribution in [3.8, 4) is 0 Å². The number of H-pyrrole nitrogens is 1. The number of morpholine rings is 1. The van der Waals surface area contributed by atoms with Crippen molar-refractivity contribution < 1.29 is 14.3 Å². The second kappa shape index (κ2) is 7.53. The van der Waals surface area contributed by atoms with E-state index in [0.717, 1.165) is 76.5 Å². The molecule has 1 aromatic heterocycles. The maximum Gasteiger partial charge on any atom is 0.274 e. The zero-order valence-corrected chi connectivity index (χ0v) is 16.8. The molecule has 3 aliphatic rings. The number of piperidine rings is 1. The molecule has 1 aromatic rings. The molecule has 4 rings (SSSR count). The highest BCUT2D eigenvalue weighted by Crippen LogP contribution is 2.34. The van der Waals surface area contributed by atoms with Crippen molar-refractivity contribution in [3.63, 3.8) is 0 Å². The molecule has 2 atom stereocenters. The predicted octanol–water partition coefficient (Wildman–Crippen LogP) is 2.01. The van der Waals surface area contributed by atoms with Crippen molar-refractivity contribution in [2.24, 2.45) is 5.41 Å². The molecule has 7 nitrogen and oxygen atoms in total. The number of amides is 1. The van der Waals surface area contributed by atoms with E-state index in [1.165, 1.54) is 0 Å². The van der Waals surface area contributed by atoms with Gasteiger partial charge in [0, 0.05) is 44.7 Å². The second-order valence-corrected chi connectivity index (χ2v) is 8.75. The first-order valence-corrected chi connectivity index (χ1v) is 10.3. The molecule has 0 aliphatic carbocycles. The molecule has 2 fully saturated rings. The Labute approximate surface area is 161 Å². The van der Waals surface area contributed by atoms with Crippen LogP contribution < -0.4 is 0 Å². The van der Waals surface area contributed by atoms with Gasteiger partial charge < -0.3 is 14.4 Å². The van der Waals surface area contributed by atoms with Crippen LogP contribution in [0.4, 0.5) is 0 Å². The minimum atomic E-state index is -0.0315.